The van der Waals surface area contributed by atoms with Crippen molar-refractivity contribution in [1.82, 2.24) is 5.32 Å². The van der Waals surface area contributed by atoms with Crippen molar-refractivity contribution in [3.63, 3.8) is 0 Å². The number of carboxylic acids is 1. The van der Waals surface area contributed by atoms with E-state index in [1.54, 1.807) is 0 Å². The summed E-state index contributed by atoms with van der Waals surface area (Å²) < 4.78 is 0. The summed E-state index contributed by atoms with van der Waals surface area (Å²) in [6, 6.07) is 19.0. The van der Waals surface area contributed by atoms with E-state index in [9.17, 15) is 14.7 Å². The number of benzene rings is 2. The summed E-state index contributed by atoms with van der Waals surface area (Å²) in [5.41, 5.74) is 1.92. The third kappa shape index (κ3) is 4.95. The molecule has 0 saturated heterocycles. The number of amides is 1. The van der Waals surface area contributed by atoms with Crippen LogP contribution in [-0.2, 0) is 16.1 Å². The number of carbonyl (C=O) groups is 2. The molecule has 2 N–H and O–H groups in total. The monoisotopic (exact) mass is 311 g/mol. The first-order valence-electron chi connectivity index (χ1n) is 7.66. The average molecular weight is 311 g/mol. The normalized spacial score (nSPS) is 13.1. The van der Waals surface area contributed by atoms with E-state index in [0.717, 1.165) is 11.1 Å². The molecule has 23 heavy (non-hydrogen) atoms. The first kappa shape index (κ1) is 16.7. The van der Waals surface area contributed by atoms with Gasteiger partial charge in [0.15, 0.2) is 0 Å². The minimum atomic E-state index is -0.948. The fourth-order valence-corrected chi connectivity index (χ4v) is 2.54. The number of hydrogen-bond donors (Lipinski definition) is 2. The van der Waals surface area contributed by atoms with Crippen LogP contribution in [0, 0.1) is 5.92 Å². The Morgan fingerprint density at radius 2 is 1.57 bits per heavy atom. The molecule has 0 aromatic heterocycles. The molecule has 0 aliphatic heterocycles. The van der Waals surface area contributed by atoms with Crippen LogP contribution < -0.4 is 5.32 Å². The molecular formula is C19H21NO3. The van der Waals surface area contributed by atoms with E-state index in [-0.39, 0.29) is 18.2 Å². The second kappa shape index (κ2) is 8.13. The molecular weight excluding hydrogens is 290 g/mol. The van der Waals surface area contributed by atoms with E-state index in [2.05, 4.69) is 5.32 Å². The zero-order valence-electron chi connectivity index (χ0n) is 13.1. The molecule has 2 aromatic carbocycles. The van der Waals surface area contributed by atoms with Crippen LogP contribution in [0.1, 0.15) is 30.4 Å². The fraction of sp³-hybridized carbons (Fsp3) is 0.263. The molecule has 4 nitrogen and oxygen atoms in total. The van der Waals surface area contributed by atoms with Gasteiger partial charge >= 0.3 is 5.97 Å². The van der Waals surface area contributed by atoms with Gasteiger partial charge in [-0.2, -0.15) is 0 Å². The largest absolute Gasteiger partial charge is 0.481 e. The summed E-state index contributed by atoms with van der Waals surface area (Å²) in [6.45, 7) is 2.25. The van der Waals surface area contributed by atoms with Crippen LogP contribution in [-0.4, -0.2) is 17.0 Å². The predicted octanol–water partition coefficient (Wildman–Crippen LogP) is 3.20. The number of hydrogen-bond acceptors (Lipinski definition) is 2. The van der Waals surface area contributed by atoms with Crippen LogP contribution in [0.2, 0.25) is 0 Å². The smallest absolute Gasteiger partial charge is 0.307 e. The van der Waals surface area contributed by atoms with Crippen LogP contribution in [0.3, 0.4) is 0 Å². The Morgan fingerprint density at radius 1 is 1.00 bits per heavy atom. The number of carboxylic acid groups (broad SMARTS) is 1. The van der Waals surface area contributed by atoms with Gasteiger partial charge in [-0.15, -0.1) is 0 Å². The van der Waals surface area contributed by atoms with Gasteiger partial charge in [-0.1, -0.05) is 67.6 Å². The molecule has 2 aromatic rings. The Bertz CT molecular complexity index is 640. The second-order valence-corrected chi connectivity index (χ2v) is 5.61. The van der Waals surface area contributed by atoms with E-state index in [4.69, 9.17) is 0 Å². The van der Waals surface area contributed by atoms with E-state index < -0.39 is 11.9 Å². The lowest BCUT2D eigenvalue weighted by atomic mass is 9.85. The van der Waals surface area contributed by atoms with E-state index in [1.165, 1.54) is 0 Å². The van der Waals surface area contributed by atoms with Gasteiger partial charge in [0.05, 0.1) is 5.92 Å². The van der Waals surface area contributed by atoms with Crippen LogP contribution >= 0.6 is 0 Å². The summed E-state index contributed by atoms with van der Waals surface area (Å²) in [5, 5.41) is 12.2. The maximum Gasteiger partial charge on any atom is 0.307 e. The summed E-state index contributed by atoms with van der Waals surface area (Å²) in [4.78, 5) is 23.6. The van der Waals surface area contributed by atoms with Crippen molar-refractivity contribution < 1.29 is 14.7 Å². The van der Waals surface area contributed by atoms with Crippen LogP contribution in [0.15, 0.2) is 60.7 Å². The predicted molar refractivity (Wildman–Crippen MR) is 88.9 cm³/mol. The maximum absolute atomic E-state index is 12.1. The molecule has 2 rings (SSSR count). The van der Waals surface area contributed by atoms with Gasteiger partial charge < -0.3 is 10.4 Å². The fourth-order valence-electron chi connectivity index (χ4n) is 2.54. The Labute approximate surface area is 136 Å². The van der Waals surface area contributed by atoms with Crippen LogP contribution in [0.4, 0.5) is 0 Å². The van der Waals surface area contributed by atoms with Gasteiger partial charge in [0.1, 0.15) is 0 Å². The van der Waals surface area contributed by atoms with Gasteiger partial charge in [-0.25, -0.2) is 0 Å². The van der Waals surface area contributed by atoms with Gasteiger partial charge in [-0.3, -0.25) is 9.59 Å². The van der Waals surface area contributed by atoms with Gasteiger partial charge in [0, 0.05) is 13.0 Å². The lowest BCUT2D eigenvalue weighted by Crippen LogP contribution is -2.30. The molecule has 0 aliphatic rings. The van der Waals surface area contributed by atoms with Crippen LogP contribution in [0.5, 0.6) is 0 Å². The summed E-state index contributed by atoms with van der Waals surface area (Å²) in [7, 11) is 0. The van der Waals surface area contributed by atoms with Crippen molar-refractivity contribution in [3.8, 4) is 0 Å². The topological polar surface area (TPSA) is 66.4 Å². The highest BCUT2D eigenvalue weighted by Crippen LogP contribution is 2.27. The molecule has 0 aliphatic carbocycles. The Balaban J connectivity index is 1.96. The highest BCUT2D eigenvalue weighted by Gasteiger charge is 2.28. The van der Waals surface area contributed by atoms with E-state index in [0.29, 0.717) is 6.54 Å². The molecule has 0 radical (unpaired) electrons. The zero-order valence-corrected chi connectivity index (χ0v) is 13.1. The van der Waals surface area contributed by atoms with Crippen molar-refractivity contribution in [2.45, 2.75) is 25.8 Å². The molecule has 120 valence electrons. The molecule has 2 atom stereocenters. The number of nitrogens with one attached hydrogen (secondary N) is 1. The highest BCUT2D eigenvalue weighted by atomic mass is 16.4. The SMILES string of the molecule is C[C@H](c1ccccc1)[C@@H](CC(=O)NCc1ccccc1)C(=O)O. The minimum absolute atomic E-state index is 0.0295. The van der Waals surface area contributed by atoms with Crippen molar-refractivity contribution in [3.05, 3.63) is 71.8 Å². The number of carbonyl (C=O) groups excluding carboxylic acids is 1. The third-order valence-electron chi connectivity index (χ3n) is 3.98. The van der Waals surface area contributed by atoms with Crippen molar-refractivity contribution in [1.29, 1.82) is 0 Å². The summed E-state index contributed by atoms with van der Waals surface area (Å²) in [5.74, 6) is -2.16. The molecule has 0 bridgehead atoms. The number of aliphatic carboxylic acids is 1. The lowest BCUT2D eigenvalue weighted by Gasteiger charge is -2.20. The Morgan fingerprint density at radius 3 is 2.13 bits per heavy atom. The zero-order chi connectivity index (χ0) is 16.7. The van der Waals surface area contributed by atoms with Crippen molar-refractivity contribution >= 4 is 11.9 Å². The van der Waals surface area contributed by atoms with Crippen LogP contribution in [0.25, 0.3) is 0 Å². The number of rotatable bonds is 7. The van der Waals surface area contributed by atoms with Crippen molar-refractivity contribution in [2.75, 3.05) is 0 Å². The molecule has 0 spiro atoms. The Hall–Kier alpha value is -2.62. The molecule has 1 amide bonds. The second-order valence-electron chi connectivity index (χ2n) is 5.61. The molecule has 4 heteroatoms. The maximum atomic E-state index is 12.1. The third-order valence-corrected chi connectivity index (χ3v) is 3.98. The van der Waals surface area contributed by atoms with Crippen molar-refractivity contribution in [2.24, 2.45) is 5.92 Å². The molecule has 0 unspecified atom stereocenters. The minimum Gasteiger partial charge on any atom is -0.481 e. The quantitative estimate of drug-likeness (QED) is 0.825. The molecule has 0 heterocycles. The molecule has 0 fully saturated rings. The van der Waals surface area contributed by atoms with Gasteiger partial charge in [-0.05, 0) is 17.0 Å². The summed E-state index contributed by atoms with van der Waals surface area (Å²) in [6.07, 6.45) is -0.0295. The van der Waals surface area contributed by atoms with Gasteiger partial charge in [0.2, 0.25) is 5.91 Å². The highest BCUT2D eigenvalue weighted by molar-refractivity contribution is 5.82. The standard InChI is InChI=1S/C19H21NO3/c1-14(16-10-6-3-7-11-16)17(19(22)23)12-18(21)20-13-15-8-4-2-5-9-15/h2-11,14,17H,12-13H2,1H3,(H,20,21)(H,22,23)/t14-,17-/m1/s1. The van der Waals surface area contributed by atoms with Gasteiger partial charge in [0.25, 0.3) is 0 Å². The molecule has 0 saturated carbocycles. The van der Waals surface area contributed by atoms with E-state index in [1.807, 2.05) is 67.6 Å². The first-order valence-corrected chi connectivity index (χ1v) is 7.66. The summed E-state index contributed by atoms with van der Waals surface area (Å²) >= 11 is 0. The Kier molecular flexibility index (Phi) is 5.92. The lowest BCUT2D eigenvalue weighted by molar-refractivity contribution is -0.144. The first-order chi connectivity index (χ1) is 11.1. The van der Waals surface area contributed by atoms with E-state index >= 15 is 0 Å². The average Bonchev–Trinajstić information content (AvgIpc) is 2.58.